The van der Waals surface area contributed by atoms with Gasteiger partial charge in [0.2, 0.25) is 0 Å². The molecule has 0 bridgehead atoms. The molecule has 3 nitrogen and oxygen atoms in total. The van der Waals surface area contributed by atoms with Gasteiger partial charge in [0.15, 0.2) is 0 Å². The molecule has 108 valence electrons. The Balaban J connectivity index is 1.83. The van der Waals surface area contributed by atoms with Crippen molar-refractivity contribution in [1.82, 2.24) is 10.2 Å². The van der Waals surface area contributed by atoms with E-state index in [1.165, 1.54) is 17.9 Å². The molecule has 2 rings (SSSR count). The summed E-state index contributed by atoms with van der Waals surface area (Å²) in [5, 5.41) is 3.45. The largest absolute Gasteiger partial charge is 0.463 e. The Morgan fingerprint density at radius 3 is 2.74 bits per heavy atom. The van der Waals surface area contributed by atoms with E-state index in [2.05, 4.69) is 61.9 Å². The molecular weight excluding hydrogens is 256 g/mol. The lowest BCUT2D eigenvalue weighted by atomic mass is 10.1. The summed E-state index contributed by atoms with van der Waals surface area (Å²) in [7, 11) is 2.20. The molecule has 2 heterocycles. The van der Waals surface area contributed by atoms with Crippen LogP contribution in [0.1, 0.15) is 38.7 Å². The Bertz CT molecular complexity index is 391. The molecule has 0 amide bonds. The minimum atomic E-state index is 0.130. The Hall–Kier alpha value is -0.450. The van der Waals surface area contributed by atoms with Gasteiger partial charge in [-0.25, -0.2) is 0 Å². The summed E-state index contributed by atoms with van der Waals surface area (Å²) in [6.45, 7) is 8.22. The number of nitrogens with zero attached hydrogens (tertiary/aromatic N) is 1. The SMILES string of the molecule is CN(Cc1ccc(CNC(C)(C)C)o1)C1CCSC1. The van der Waals surface area contributed by atoms with Crippen LogP contribution in [0, 0.1) is 0 Å². The maximum absolute atomic E-state index is 5.90. The minimum Gasteiger partial charge on any atom is -0.463 e. The van der Waals surface area contributed by atoms with Gasteiger partial charge >= 0.3 is 0 Å². The van der Waals surface area contributed by atoms with Crippen molar-refractivity contribution in [1.29, 1.82) is 0 Å². The fourth-order valence-corrected chi connectivity index (χ4v) is 3.50. The van der Waals surface area contributed by atoms with Gasteiger partial charge in [-0.15, -0.1) is 0 Å². The molecule has 0 saturated carbocycles. The second-order valence-corrected chi connectivity index (χ2v) is 7.55. The van der Waals surface area contributed by atoms with Gasteiger partial charge in [-0.3, -0.25) is 4.90 Å². The third-order valence-electron chi connectivity index (χ3n) is 3.44. The number of furan rings is 1. The molecule has 1 fully saturated rings. The lowest BCUT2D eigenvalue weighted by molar-refractivity contribution is 0.231. The summed E-state index contributed by atoms with van der Waals surface area (Å²) >= 11 is 2.05. The van der Waals surface area contributed by atoms with E-state index < -0.39 is 0 Å². The average Bonchev–Trinajstić information content (AvgIpc) is 2.96. The van der Waals surface area contributed by atoms with Crippen LogP contribution in [0.25, 0.3) is 0 Å². The molecule has 0 spiro atoms. The van der Waals surface area contributed by atoms with Crippen LogP contribution in [0.15, 0.2) is 16.5 Å². The molecule has 0 radical (unpaired) electrons. The van der Waals surface area contributed by atoms with Crippen molar-refractivity contribution in [2.45, 2.75) is 51.9 Å². The zero-order valence-electron chi connectivity index (χ0n) is 12.5. The molecule has 0 aliphatic carbocycles. The van der Waals surface area contributed by atoms with E-state index >= 15 is 0 Å². The molecule has 1 aromatic heterocycles. The quantitative estimate of drug-likeness (QED) is 0.898. The fourth-order valence-electron chi connectivity index (χ4n) is 2.20. The van der Waals surface area contributed by atoms with Crippen molar-refractivity contribution >= 4 is 11.8 Å². The van der Waals surface area contributed by atoms with Gasteiger partial charge in [0.1, 0.15) is 11.5 Å². The van der Waals surface area contributed by atoms with E-state index in [-0.39, 0.29) is 5.54 Å². The summed E-state index contributed by atoms with van der Waals surface area (Å²) in [5.74, 6) is 4.66. The van der Waals surface area contributed by atoms with Crippen LogP contribution in [0.5, 0.6) is 0 Å². The fraction of sp³-hybridized carbons (Fsp3) is 0.733. The van der Waals surface area contributed by atoms with E-state index in [0.717, 1.165) is 24.6 Å². The first-order valence-corrected chi connectivity index (χ1v) is 8.20. The Morgan fingerprint density at radius 2 is 2.11 bits per heavy atom. The lowest BCUT2D eigenvalue weighted by Crippen LogP contribution is -2.34. The number of thioether (sulfide) groups is 1. The summed E-state index contributed by atoms with van der Waals surface area (Å²) in [5.41, 5.74) is 0.130. The van der Waals surface area contributed by atoms with Crippen molar-refractivity contribution in [3.63, 3.8) is 0 Å². The van der Waals surface area contributed by atoms with Gasteiger partial charge in [0, 0.05) is 17.3 Å². The van der Waals surface area contributed by atoms with Crippen molar-refractivity contribution in [3.05, 3.63) is 23.7 Å². The molecule has 1 aliphatic heterocycles. The first kappa shape index (κ1) is 14.9. The third kappa shape index (κ3) is 4.86. The molecule has 4 heteroatoms. The second-order valence-electron chi connectivity index (χ2n) is 6.40. The smallest absolute Gasteiger partial charge is 0.118 e. The zero-order chi connectivity index (χ0) is 13.9. The molecule has 0 aromatic carbocycles. The highest BCUT2D eigenvalue weighted by Gasteiger charge is 2.20. The molecule has 19 heavy (non-hydrogen) atoms. The Morgan fingerprint density at radius 1 is 1.37 bits per heavy atom. The molecule has 1 N–H and O–H groups in total. The summed E-state index contributed by atoms with van der Waals surface area (Å²) in [4.78, 5) is 2.42. The van der Waals surface area contributed by atoms with Crippen LogP contribution in [-0.2, 0) is 13.1 Å². The third-order valence-corrected chi connectivity index (χ3v) is 4.59. The molecule has 1 atom stereocenters. The van der Waals surface area contributed by atoms with Crippen LogP contribution in [0.2, 0.25) is 0 Å². The van der Waals surface area contributed by atoms with E-state index in [0.29, 0.717) is 6.04 Å². The second kappa shape index (κ2) is 6.33. The predicted octanol–water partition coefficient (Wildman–Crippen LogP) is 3.11. The van der Waals surface area contributed by atoms with Crippen LogP contribution < -0.4 is 5.32 Å². The van der Waals surface area contributed by atoms with Gasteiger partial charge in [0.25, 0.3) is 0 Å². The summed E-state index contributed by atoms with van der Waals surface area (Å²) in [6, 6.07) is 4.91. The van der Waals surface area contributed by atoms with Gasteiger partial charge in [-0.05, 0) is 52.1 Å². The number of hydrogen-bond acceptors (Lipinski definition) is 4. The highest BCUT2D eigenvalue weighted by molar-refractivity contribution is 7.99. The summed E-state index contributed by atoms with van der Waals surface area (Å²) in [6.07, 6.45) is 1.31. The average molecular weight is 282 g/mol. The van der Waals surface area contributed by atoms with Gasteiger partial charge in [0.05, 0.1) is 13.1 Å². The van der Waals surface area contributed by atoms with E-state index in [9.17, 15) is 0 Å². The van der Waals surface area contributed by atoms with Gasteiger partial charge < -0.3 is 9.73 Å². The van der Waals surface area contributed by atoms with Crippen LogP contribution >= 0.6 is 11.8 Å². The minimum absolute atomic E-state index is 0.130. The van der Waals surface area contributed by atoms with Crippen molar-refractivity contribution in [2.24, 2.45) is 0 Å². The van der Waals surface area contributed by atoms with Crippen LogP contribution in [0.4, 0.5) is 0 Å². The van der Waals surface area contributed by atoms with Crippen LogP contribution in [-0.4, -0.2) is 35.0 Å². The van der Waals surface area contributed by atoms with Gasteiger partial charge in [-0.2, -0.15) is 11.8 Å². The zero-order valence-corrected chi connectivity index (χ0v) is 13.3. The number of rotatable bonds is 5. The van der Waals surface area contributed by atoms with Crippen molar-refractivity contribution in [3.8, 4) is 0 Å². The normalized spacial score (nSPS) is 20.4. The monoisotopic (exact) mass is 282 g/mol. The molecule has 1 aromatic rings. The molecule has 1 aliphatic rings. The van der Waals surface area contributed by atoms with E-state index in [1.54, 1.807) is 0 Å². The van der Waals surface area contributed by atoms with Crippen molar-refractivity contribution in [2.75, 3.05) is 18.6 Å². The van der Waals surface area contributed by atoms with Crippen molar-refractivity contribution < 1.29 is 4.42 Å². The number of nitrogens with one attached hydrogen (secondary N) is 1. The highest BCUT2D eigenvalue weighted by atomic mass is 32.2. The predicted molar refractivity (Wildman–Crippen MR) is 82.5 cm³/mol. The Labute approximate surface area is 121 Å². The maximum atomic E-state index is 5.90. The van der Waals surface area contributed by atoms with Crippen LogP contribution in [0.3, 0.4) is 0 Å². The van der Waals surface area contributed by atoms with E-state index in [4.69, 9.17) is 4.42 Å². The first-order valence-electron chi connectivity index (χ1n) is 7.05. The standard InChI is InChI=1S/C15H26N2OS/c1-15(2,3)16-9-13-5-6-14(18-13)10-17(4)12-7-8-19-11-12/h5-6,12,16H,7-11H2,1-4H3. The number of hydrogen-bond donors (Lipinski definition) is 1. The van der Waals surface area contributed by atoms with E-state index in [1.807, 2.05) is 0 Å². The molecule has 1 saturated heterocycles. The first-order chi connectivity index (χ1) is 8.94. The maximum Gasteiger partial charge on any atom is 0.118 e. The Kier molecular flexibility index (Phi) is 4.98. The lowest BCUT2D eigenvalue weighted by Gasteiger charge is -2.22. The highest BCUT2D eigenvalue weighted by Crippen LogP contribution is 2.23. The topological polar surface area (TPSA) is 28.4 Å². The molecular formula is C15H26N2OS. The van der Waals surface area contributed by atoms with Gasteiger partial charge in [-0.1, -0.05) is 0 Å². The molecule has 1 unspecified atom stereocenters. The summed E-state index contributed by atoms with van der Waals surface area (Å²) < 4.78 is 5.90.